The molecule has 0 amide bonds. The van der Waals surface area contributed by atoms with Crippen molar-refractivity contribution in [2.24, 2.45) is 11.8 Å². The summed E-state index contributed by atoms with van der Waals surface area (Å²) in [6.07, 6.45) is 6.55. The van der Waals surface area contributed by atoms with E-state index in [-0.39, 0.29) is 6.04 Å². The van der Waals surface area contributed by atoms with Crippen LogP contribution in [0.3, 0.4) is 0 Å². The molecular formula is C15H24N2O. The van der Waals surface area contributed by atoms with E-state index >= 15 is 0 Å². The van der Waals surface area contributed by atoms with E-state index in [4.69, 9.17) is 10.6 Å². The highest BCUT2D eigenvalue weighted by Gasteiger charge is 2.24. The molecule has 0 aliphatic heterocycles. The van der Waals surface area contributed by atoms with Crippen LogP contribution in [0, 0.1) is 12.8 Å². The number of hydrogen-bond donors (Lipinski definition) is 2. The largest absolute Gasteiger partial charge is 0.496 e. The lowest BCUT2D eigenvalue weighted by atomic mass is 9.81. The lowest BCUT2D eigenvalue weighted by molar-refractivity contribution is 0.273. The molecule has 1 aliphatic carbocycles. The van der Waals surface area contributed by atoms with Gasteiger partial charge in [0.05, 0.1) is 7.11 Å². The Kier molecular flexibility index (Phi) is 4.61. The number of hydrogen-bond acceptors (Lipinski definition) is 3. The summed E-state index contributed by atoms with van der Waals surface area (Å²) in [4.78, 5) is 0. The second kappa shape index (κ2) is 6.21. The Morgan fingerprint density at radius 2 is 2.00 bits per heavy atom. The topological polar surface area (TPSA) is 47.3 Å². The highest BCUT2D eigenvalue weighted by atomic mass is 16.5. The van der Waals surface area contributed by atoms with E-state index < -0.39 is 0 Å². The fourth-order valence-electron chi connectivity index (χ4n) is 3.00. The second-order valence-corrected chi connectivity index (χ2v) is 5.27. The van der Waals surface area contributed by atoms with Crippen LogP contribution in [0.15, 0.2) is 18.2 Å². The third kappa shape index (κ3) is 2.85. The summed E-state index contributed by atoms with van der Waals surface area (Å²) in [5, 5.41) is 0. The number of benzene rings is 1. The molecule has 3 N–H and O–H groups in total. The number of nitrogens with two attached hydrogens (primary N) is 1. The minimum atomic E-state index is 0.250. The average Bonchev–Trinajstić information content (AvgIpc) is 2.42. The molecule has 1 atom stereocenters. The molecule has 1 fully saturated rings. The van der Waals surface area contributed by atoms with Crippen LogP contribution in [-0.2, 0) is 0 Å². The summed E-state index contributed by atoms with van der Waals surface area (Å²) < 4.78 is 5.40. The zero-order chi connectivity index (χ0) is 13.0. The molecule has 18 heavy (non-hydrogen) atoms. The summed E-state index contributed by atoms with van der Waals surface area (Å²) >= 11 is 0. The summed E-state index contributed by atoms with van der Waals surface area (Å²) in [7, 11) is 1.72. The first-order valence-electron chi connectivity index (χ1n) is 6.87. The second-order valence-electron chi connectivity index (χ2n) is 5.27. The minimum Gasteiger partial charge on any atom is -0.496 e. The fraction of sp³-hybridized carbons (Fsp3) is 0.600. The predicted octanol–water partition coefficient (Wildman–Crippen LogP) is 3.09. The van der Waals surface area contributed by atoms with Crippen LogP contribution in [0.1, 0.15) is 49.3 Å². The Labute approximate surface area is 110 Å². The lowest BCUT2D eigenvalue weighted by Crippen LogP contribution is -2.34. The van der Waals surface area contributed by atoms with Crippen molar-refractivity contribution in [3.8, 4) is 5.75 Å². The van der Waals surface area contributed by atoms with Crippen LogP contribution < -0.4 is 16.0 Å². The van der Waals surface area contributed by atoms with Crippen molar-refractivity contribution < 1.29 is 4.74 Å². The van der Waals surface area contributed by atoms with E-state index in [0.29, 0.717) is 5.92 Å². The summed E-state index contributed by atoms with van der Waals surface area (Å²) in [5.74, 6) is 7.37. The number of aryl methyl sites for hydroxylation is 1. The first-order valence-corrected chi connectivity index (χ1v) is 6.87. The van der Waals surface area contributed by atoms with Crippen LogP contribution in [0.5, 0.6) is 5.75 Å². The molecule has 1 aromatic carbocycles. The highest BCUT2D eigenvalue weighted by molar-refractivity contribution is 5.38. The first kappa shape index (κ1) is 13.4. The molecule has 1 saturated carbocycles. The molecule has 0 saturated heterocycles. The van der Waals surface area contributed by atoms with Gasteiger partial charge >= 0.3 is 0 Å². The number of rotatable bonds is 4. The van der Waals surface area contributed by atoms with E-state index in [1.165, 1.54) is 43.2 Å². The maximum atomic E-state index is 5.77. The van der Waals surface area contributed by atoms with Gasteiger partial charge in [-0.1, -0.05) is 31.4 Å². The van der Waals surface area contributed by atoms with E-state index in [9.17, 15) is 0 Å². The Balaban J connectivity index is 2.20. The van der Waals surface area contributed by atoms with Gasteiger partial charge in [0.2, 0.25) is 0 Å². The maximum Gasteiger partial charge on any atom is 0.122 e. The van der Waals surface area contributed by atoms with Crippen LogP contribution in [0.2, 0.25) is 0 Å². The van der Waals surface area contributed by atoms with Crippen molar-refractivity contribution in [1.82, 2.24) is 5.43 Å². The molecule has 3 nitrogen and oxygen atoms in total. The maximum absolute atomic E-state index is 5.77. The molecule has 0 radical (unpaired) electrons. The summed E-state index contributed by atoms with van der Waals surface area (Å²) in [6.45, 7) is 2.06. The van der Waals surface area contributed by atoms with Gasteiger partial charge in [-0.05, 0) is 42.9 Å². The summed E-state index contributed by atoms with van der Waals surface area (Å²) in [6, 6.07) is 6.65. The van der Waals surface area contributed by atoms with E-state index in [2.05, 4.69) is 30.5 Å². The SMILES string of the molecule is COc1cc(C(NN)C2CCCCC2)ccc1C. The van der Waals surface area contributed by atoms with Crippen molar-refractivity contribution in [3.05, 3.63) is 29.3 Å². The standard InChI is InChI=1S/C15H24N2O/c1-11-8-9-13(10-14(11)18-2)15(17-16)12-6-4-3-5-7-12/h8-10,12,15,17H,3-7,16H2,1-2H3. The Morgan fingerprint density at radius 1 is 1.28 bits per heavy atom. The van der Waals surface area contributed by atoms with Gasteiger partial charge in [0.1, 0.15) is 5.75 Å². The Morgan fingerprint density at radius 3 is 2.61 bits per heavy atom. The minimum absolute atomic E-state index is 0.250. The molecule has 100 valence electrons. The van der Waals surface area contributed by atoms with Crippen molar-refractivity contribution in [1.29, 1.82) is 0 Å². The molecule has 0 aromatic heterocycles. The van der Waals surface area contributed by atoms with Crippen LogP contribution in [0.25, 0.3) is 0 Å². The highest BCUT2D eigenvalue weighted by Crippen LogP contribution is 2.35. The third-order valence-corrected chi connectivity index (χ3v) is 4.09. The van der Waals surface area contributed by atoms with E-state index in [1.807, 2.05) is 0 Å². The van der Waals surface area contributed by atoms with Gasteiger partial charge in [0, 0.05) is 6.04 Å². The number of methoxy groups -OCH3 is 1. The molecule has 1 unspecified atom stereocenters. The Hall–Kier alpha value is -1.06. The molecule has 0 heterocycles. The van der Waals surface area contributed by atoms with Gasteiger partial charge in [0.25, 0.3) is 0 Å². The molecule has 1 aliphatic rings. The first-order chi connectivity index (χ1) is 8.76. The third-order valence-electron chi connectivity index (χ3n) is 4.09. The number of nitrogens with one attached hydrogen (secondary N) is 1. The van der Waals surface area contributed by atoms with Gasteiger partial charge in [-0.25, -0.2) is 0 Å². The molecule has 3 heteroatoms. The van der Waals surface area contributed by atoms with E-state index in [1.54, 1.807) is 7.11 Å². The Bertz CT molecular complexity index is 386. The zero-order valence-corrected chi connectivity index (χ0v) is 11.4. The smallest absolute Gasteiger partial charge is 0.122 e. The molecule has 0 bridgehead atoms. The van der Waals surface area contributed by atoms with Crippen molar-refractivity contribution in [2.45, 2.75) is 45.1 Å². The van der Waals surface area contributed by atoms with Gasteiger partial charge < -0.3 is 4.74 Å². The van der Waals surface area contributed by atoms with E-state index in [0.717, 1.165) is 5.75 Å². The van der Waals surface area contributed by atoms with Crippen LogP contribution in [-0.4, -0.2) is 7.11 Å². The van der Waals surface area contributed by atoms with Gasteiger partial charge in [0.15, 0.2) is 0 Å². The van der Waals surface area contributed by atoms with Gasteiger partial charge in [-0.3, -0.25) is 11.3 Å². The molecule has 1 aromatic rings. The van der Waals surface area contributed by atoms with Crippen LogP contribution >= 0.6 is 0 Å². The monoisotopic (exact) mass is 248 g/mol. The molecular weight excluding hydrogens is 224 g/mol. The van der Waals surface area contributed by atoms with Crippen molar-refractivity contribution in [3.63, 3.8) is 0 Å². The normalized spacial score (nSPS) is 18.6. The average molecular weight is 248 g/mol. The number of hydrazine groups is 1. The quantitative estimate of drug-likeness (QED) is 0.636. The molecule has 2 rings (SSSR count). The van der Waals surface area contributed by atoms with Gasteiger partial charge in [-0.15, -0.1) is 0 Å². The summed E-state index contributed by atoms with van der Waals surface area (Å²) in [5.41, 5.74) is 5.41. The lowest BCUT2D eigenvalue weighted by Gasteiger charge is -2.30. The van der Waals surface area contributed by atoms with Crippen molar-refractivity contribution >= 4 is 0 Å². The fourth-order valence-corrected chi connectivity index (χ4v) is 3.00. The van der Waals surface area contributed by atoms with Crippen LogP contribution in [0.4, 0.5) is 0 Å². The number of ether oxygens (including phenoxy) is 1. The zero-order valence-electron chi connectivity index (χ0n) is 11.4. The van der Waals surface area contributed by atoms with Crippen molar-refractivity contribution in [2.75, 3.05) is 7.11 Å². The van der Waals surface area contributed by atoms with Gasteiger partial charge in [-0.2, -0.15) is 0 Å². The predicted molar refractivity (Wildman–Crippen MR) is 74.4 cm³/mol. The molecule has 0 spiro atoms.